The maximum atomic E-state index is 14.0. The summed E-state index contributed by atoms with van der Waals surface area (Å²) < 4.78 is 18.2. The Morgan fingerprint density at radius 2 is 1.89 bits per heavy atom. The van der Waals surface area contributed by atoms with Gasteiger partial charge in [0.1, 0.15) is 18.0 Å². The Labute approximate surface area is 262 Å². The monoisotopic (exact) mass is 635 g/mol. The summed E-state index contributed by atoms with van der Waals surface area (Å²) in [5.41, 5.74) is 0.663. The van der Waals surface area contributed by atoms with Gasteiger partial charge in [-0.2, -0.15) is 0 Å². The molecule has 2 aliphatic rings. The van der Waals surface area contributed by atoms with E-state index in [2.05, 4.69) is 25.3 Å². The Kier molecular flexibility index (Phi) is 8.32. The molecule has 2 aliphatic heterocycles. The van der Waals surface area contributed by atoms with Crippen LogP contribution in [0.5, 0.6) is 5.75 Å². The first-order chi connectivity index (χ1) is 21.1. The van der Waals surface area contributed by atoms with Gasteiger partial charge in [0.15, 0.2) is 0 Å². The summed E-state index contributed by atoms with van der Waals surface area (Å²) in [5, 5.41) is 15.0. The number of hydrogen-bond donors (Lipinski definition) is 2. The Bertz CT molecular complexity index is 1770. The summed E-state index contributed by atoms with van der Waals surface area (Å²) in [6.07, 6.45) is -0.353. The number of pyridine rings is 2. The molecular formula is C33H41N3O8Si. The number of phenolic OH excluding ortho intramolecular Hbond substituents is 1. The summed E-state index contributed by atoms with van der Waals surface area (Å²) >= 11 is 0. The summed E-state index contributed by atoms with van der Waals surface area (Å²) in [4.78, 5) is 57.4. The Balaban J connectivity index is 1.52. The van der Waals surface area contributed by atoms with Crippen molar-refractivity contribution < 1.29 is 33.7 Å². The van der Waals surface area contributed by atoms with E-state index in [4.69, 9.17) is 19.2 Å². The zero-order valence-corrected chi connectivity index (χ0v) is 28.0. The van der Waals surface area contributed by atoms with Gasteiger partial charge >= 0.3 is 18.0 Å². The number of hydrogen-bond acceptors (Lipinski definition) is 9. The highest BCUT2D eigenvalue weighted by atomic mass is 28.3. The number of phenols is 1. The number of aromatic hydroxyl groups is 1. The van der Waals surface area contributed by atoms with Gasteiger partial charge in [-0.15, -0.1) is 0 Å². The standard InChI is InChI=1S/C33H41N3O8Si/c1-8-33(43-26(38)11-10-14-34-31(41)44-32(3,4)5)23-16-25-27-21(17-36(25)29(39)22(23)18-42-30(33)40)28(45(6,7)9-2)20-15-19(37)12-13-24(20)35-27/h12-13,15-16,37H,8-11,14,17-18H2,1-7H3,(H,34,41). The molecule has 45 heavy (non-hydrogen) atoms. The first-order valence-electron chi connectivity index (χ1n) is 15.4. The lowest BCUT2D eigenvalue weighted by atomic mass is 9.85. The lowest BCUT2D eigenvalue weighted by Crippen LogP contribution is -2.47. The van der Waals surface area contributed by atoms with Crippen molar-refractivity contribution in [3.63, 3.8) is 0 Å². The molecule has 2 N–H and O–H groups in total. The minimum absolute atomic E-state index is 0.0575. The molecule has 0 radical (unpaired) electrons. The van der Waals surface area contributed by atoms with Gasteiger partial charge in [0.05, 0.1) is 37.1 Å². The molecule has 0 bridgehead atoms. The Hall–Kier alpha value is -4.19. The fourth-order valence-electron chi connectivity index (χ4n) is 6.16. The van der Waals surface area contributed by atoms with Crippen LogP contribution in [0.15, 0.2) is 29.1 Å². The predicted molar refractivity (Wildman–Crippen MR) is 171 cm³/mol. The van der Waals surface area contributed by atoms with Crippen LogP contribution in [0.3, 0.4) is 0 Å². The van der Waals surface area contributed by atoms with Crippen molar-refractivity contribution in [3.8, 4) is 17.1 Å². The normalized spacial score (nSPS) is 17.3. The van der Waals surface area contributed by atoms with Crippen LogP contribution in [0.25, 0.3) is 22.3 Å². The van der Waals surface area contributed by atoms with Gasteiger partial charge in [-0.1, -0.05) is 33.0 Å². The molecule has 12 heteroatoms. The summed E-state index contributed by atoms with van der Waals surface area (Å²) in [5.74, 6) is -1.24. The largest absolute Gasteiger partial charge is 0.508 e. The van der Waals surface area contributed by atoms with Crippen molar-refractivity contribution in [1.82, 2.24) is 14.9 Å². The fraction of sp³-hybridized carbons (Fsp3) is 0.485. The van der Waals surface area contributed by atoms with Crippen molar-refractivity contribution in [2.75, 3.05) is 6.54 Å². The van der Waals surface area contributed by atoms with E-state index in [9.17, 15) is 24.3 Å². The van der Waals surface area contributed by atoms with Crippen LogP contribution in [-0.4, -0.2) is 52.9 Å². The third-order valence-electron chi connectivity index (χ3n) is 8.71. The van der Waals surface area contributed by atoms with E-state index in [1.54, 1.807) is 56.5 Å². The van der Waals surface area contributed by atoms with E-state index in [-0.39, 0.29) is 49.3 Å². The van der Waals surface area contributed by atoms with Crippen LogP contribution >= 0.6 is 0 Å². The maximum absolute atomic E-state index is 14.0. The van der Waals surface area contributed by atoms with Crippen LogP contribution in [0, 0.1) is 0 Å². The highest BCUT2D eigenvalue weighted by Gasteiger charge is 2.50. The number of esters is 2. The molecule has 240 valence electrons. The number of nitrogens with one attached hydrogen (secondary N) is 1. The van der Waals surface area contributed by atoms with E-state index < -0.39 is 37.3 Å². The minimum atomic E-state index is -2.04. The molecule has 1 amide bonds. The average Bonchev–Trinajstić information content (AvgIpc) is 3.33. The molecule has 0 aliphatic carbocycles. The van der Waals surface area contributed by atoms with Gasteiger partial charge in [-0.05, 0) is 68.6 Å². The Morgan fingerprint density at radius 1 is 1.16 bits per heavy atom. The molecule has 0 fully saturated rings. The van der Waals surface area contributed by atoms with E-state index in [0.717, 1.165) is 22.2 Å². The molecule has 1 aromatic carbocycles. The van der Waals surface area contributed by atoms with Gasteiger partial charge in [0, 0.05) is 23.9 Å². The number of rotatable bonds is 8. The number of fused-ring (bicyclic) bond motifs is 5. The number of alkyl carbamates (subject to hydrolysis) is 1. The molecule has 4 heterocycles. The van der Waals surface area contributed by atoms with Gasteiger partial charge in [0.2, 0.25) is 5.60 Å². The lowest BCUT2D eigenvalue weighted by molar-refractivity contribution is -0.189. The maximum Gasteiger partial charge on any atom is 0.407 e. The topological polar surface area (TPSA) is 146 Å². The third kappa shape index (κ3) is 5.83. The average molecular weight is 636 g/mol. The molecular weight excluding hydrogens is 594 g/mol. The van der Waals surface area contributed by atoms with Gasteiger partial charge < -0.3 is 29.2 Å². The number of aromatic nitrogens is 2. The van der Waals surface area contributed by atoms with E-state index >= 15 is 0 Å². The second-order valence-electron chi connectivity index (χ2n) is 13.3. The molecule has 0 spiro atoms. The number of carbonyl (C=O) groups is 3. The summed E-state index contributed by atoms with van der Waals surface area (Å²) in [6.45, 7) is 13.9. The van der Waals surface area contributed by atoms with Crippen molar-refractivity contribution in [1.29, 1.82) is 0 Å². The SMILES string of the molecule is CCC1(OC(=O)CCCNC(=O)OC(C)(C)C)C(=O)OCc2c1cc1n(c2=O)Cc2c-1nc1ccc(O)cc1c2[Si](C)(C)CC. The van der Waals surface area contributed by atoms with E-state index in [1.807, 2.05) is 0 Å². The fourth-order valence-corrected chi connectivity index (χ4v) is 8.45. The molecule has 1 unspecified atom stereocenters. The first kappa shape index (κ1) is 32.2. The minimum Gasteiger partial charge on any atom is -0.508 e. The molecule has 5 rings (SSSR count). The number of amides is 1. The summed E-state index contributed by atoms with van der Waals surface area (Å²) in [7, 11) is -2.04. The van der Waals surface area contributed by atoms with Crippen LogP contribution in [0.4, 0.5) is 4.79 Å². The molecule has 0 saturated heterocycles. The van der Waals surface area contributed by atoms with Crippen LogP contribution in [0.1, 0.15) is 70.6 Å². The van der Waals surface area contributed by atoms with Crippen molar-refractivity contribution in [3.05, 3.63) is 51.3 Å². The van der Waals surface area contributed by atoms with Crippen LogP contribution < -0.4 is 16.1 Å². The second-order valence-corrected chi connectivity index (χ2v) is 18.3. The second kappa shape index (κ2) is 11.6. The van der Waals surface area contributed by atoms with Crippen molar-refractivity contribution in [2.45, 2.75) is 97.4 Å². The quantitative estimate of drug-likeness (QED) is 0.123. The van der Waals surface area contributed by atoms with E-state index in [1.165, 1.54) is 0 Å². The summed E-state index contributed by atoms with van der Waals surface area (Å²) in [6, 6.07) is 7.83. The number of nitrogens with zero attached hydrogens (tertiary/aromatic N) is 2. The third-order valence-corrected chi connectivity index (χ3v) is 12.4. The number of cyclic esters (lactones) is 1. The number of ether oxygens (including phenoxy) is 3. The van der Waals surface area contributed by atoms with E-state index in [0.29, 0.717) is 29.0 Å². The highest BCUT2D eigenvalue weighted by Crippen LogP contribution is 2.41. The van der Waals surface area contributed by atoms with Crippen LogP contribution in [-0.2, 0) is 42.6 Å². The number of carbonyl (C=O) groups excluding carboxylic acids is 3. The molecule has 2 aromatic heterocycles. The lowest BCUT2D eigenvalue weighted by Gasteiger charge is -2.35. The van der Waals surface area contributed by atoms with Gasteiger partial charge in [-0.3, -0.25) is 9.59 Å². The number of benzene rings is 1. The van der Waals surface area contributed by atoms with Gasteiger partial charge in [0.25, 0.3) is 5.56 Å². The van der Waals surface area contributed by atoms with Crippen molar-refractivity contribution >= 4 is 42.2 Å². The molecule has 0 saturated carbocycles. The molecule has 11 nitrogen and oxygen atoms in total. The predicted octanol–water partition coefficient (Wildman–Crippen LogP) is 4.58. The zero-order valence-electron chi connectivity index (χ0n) is 27.0. The van der Waals surface area contributed by atoms with Gasteiger partial charge in [-0.25, -0.2) is 14.6 Å². The molecule has 1 atom stereocenters. The van der Waals surface area contributed by atoms with Crippen LogP contribution in [0.2, 0.25) is 19.1 Å². The first-order valence-corrected chi connectivity index (χ1v) is 18.6. The smallest absolute Gasteiger partial charge is 0.407 e. The highest BCUT2D eigenvalue weighted by molar-refractivity contribution is 6.91. The Morgan fingerprint density at radius 3 is 2.56 bits per heavy atom. The molecule has 3 aromatic rings. The zero-order chi connectivity index (χ0) is 32.9. The van der Waals surface area contributed by atoms with Crippen molar-refractivity contribution in [2.24, 2.45) is 0 Å².